The Kier molecular flexibility index (Phi) is 3.71. The largest absolute Gasteiger partial charge is 0.301 e. The molecule has 0 atom stereocenters. The topological polar surface area (TPSA) is 58.6 Å². The van der Waals surface area contributed by atoms with E-state index in [4.69, 9.17) is 0 Å². The summed E-state index contributed by atoms with van der Waals surface area (Å²) in [5, 5.41) is 0.352. The lowest BCUT2D eigenvalue weighted by atomic mass is 10.3. The number of thioether (sulfide) groups is 1. The highest BCUT2D eigenvalue weighted by atomic mass is 32.2. The molecule has 0 aliphatic rings. The molecule has 0 radical (unpaired) electrons. The zero-order valence-electron chi connectivity index (χ0n) is 9.41. The Morgan fingerprint density at radius 2 is 2.22 bits per heavy atom. The zero-order chi connectivity index (χ0) is 13.1. The maximum atomic E-state index is 13.3. The highest BCUT2D eigenvalue weighted by Crippen LogP contribution is 2.19. The van der Waals surface area contributed by atoms with E-state index < -0.39 is 11.6 Å². The summed E-state index contributed by atoms with van der Waals surface area (Å²) in [5.74, 6) is -1.82. The zero-order valence-corrected chi connectivity index (χ0v) is 10.2. The van der Waals surface area contributed by atoms with Crippen LogP contribution >= 0.6 is 11.8 Å². The Bertz CT molecular complexity index is 630. The molecule has 0 saturated carbocycles. The van der Waals surface area contributed by atoms with Crippen LogP contribution in [-0.4, -0.2) is 15.0 Å². The van der Waals surface area contributed by atoms with Gasteiger partial charge in [0.2, 0.25) is 0 Å². The summed E-state index contributed by atoms with van der Waals surface area (Å²) in [7, 11) is 0. The summed E-state index contributed by atoms with van der Waals surface area (Å²) in [5.41, 5.74) is 0.274. The predicted molar refractivity (Wildman–Crippen MR) is 63.3 cm³/mol. The van der Waals surface area contributed by atoms with Crippen LogP contribution in [0.1, 0.15) is 11.4 Å². The molecular formula is C11H9F2N3OS. The smallest absolute Gasteiger partial charge is 0.251 e. The van der Waals surface area contributed by atoms with Gasteiger partial charge in [0, 0.05) is 23.7 Å². The van der Waals surface area contributed by atoms with E-state index in [1.165, 1.54) is 12.3 Å². The maximum Gasteiger partial charge on any atom is 0.251 e. The predicted octanol–water partition coefficient (Wildman–Crippen LogP) is 2.04. The van der Waals surface area contributed by atoms with Gasteiger partial charge < -0.3 is 4.98 Å². The van der Waals surface area contributed by atoms with Crippen LogP contribution in [0.3, 0.4) is 0 Å². The van der Waals surface area contributed by atoms with Crippen LogP contribution in [0.2, 0.25) is 0 Å². The number of hydrogen-bond acceptors (Lipinski definition) is 4. The monoisotopic (exact) mass is 269 g/mol. The van der Waals surface area contributed by atoms with Gasteiger partial charge in [-0.3, -0.25) is 9.78 Å². The number of aromatic amines is 1. The summed E-state index contributed by atoms with van der Waals surface area (Å²) in [6.45, 7) is 1.68. The quantitative estimate of drug-likeness (QED) is 0.684. The van der Waals surface area contributed by atoms with Gasteiger partial charge in [0.05, 0.1) is 5.69 Å². The van der Waals surface area contributed by atoms with Gasteiger partial charge in [-0.25, -0.2) is 13.8 Å². The van der Waals surface area contributed by atoms with Crippen molar-refractivity contribution in [3.8, 4) is 0 Å². The van der Waals surface area contributed by atoms with Crippen LogP contribution in [0.25, 0.3) is 0 Å². The molecule has 94 valence electrons. The van der Waals surface area contributed by atoms with E-state index in [0.29, 0.717) is 10.9 Å². The molecule has 0 amide bonds. The second-order valence-corrected chi connectivity index (χ2v) is 4.50. The van der Waals surface area contributed by atoms with E-state index >= 15 is 0 Å². The number of aromatic nitrogens is 3. The number of H-pyrrole nitrogens is 1. The first-order chi connectivity index (χ1) is 8.56. The first-order valence-electron chi connectivity index (χ1n) is 5.06. The van der Waals surface area contributed by atoms with Crippen LogP contribution in [0, 0.1) is 18.6 Å². The second kappa shape index (κ2) is 5.26. The third-order valence-electron chi connectivity index (χ3n) is 2.11. The van der Waals surface area contributed by atoms with Gasteiger partial charge in [-0.05, 0) is 13.0 Å². The Morgan fingerprint density at radius 3 is 2.94 bits per heavy atom. The van der Waals surface area contributed by atoms with Gasteiger partial charge in [0.1, 0.15) is 0 Å². The Labute approximate surface area is 105 Å². The van der Waals surface area contributed by atoms with E-state index in [1.54, 1.807) is 6.92 Å². The molecule has 0 saturated heterocycles. The van der Waals surface area contributed by atoms with Crippen molar-refractivity contribution in [1.82, 2.24) is 15.0 Å². The summed E-state index contributed by atoms with van der Waals surface area (Å²) in [4.78, 5) is 21.5. The summed E-state index contributed by atoms with van der Waals surface area (Å²) in [6, 6.07) is 2.31. The molecule has 2 rings (SSSR count). The molecule has 2 heterocycles. The van der Waals surface area contributed by atoms with Gasteiger partial charge >= 0.3 is 0 Å². The summed E-state index contributed by atoms with van der Waals surface area (Å²) >= 11 is 1.09. The highest BCUT2D eigenvalue weighted by molar-refractivity contribution is 7.98. The summed E-state index contributed by atoms with van der Waals surface area (Å²) < 4.78 is 26.3. The molecule has 2 aromatic rings. The van der Waals surface area contributed by atoms with Crippen molar-refractivity contribution < 1.29 is 8.78 Å². The third kappa shape index (κ3) is 2.92. The minimum atomic E-state index is -0.972. The van der Waals surface area contributed by atoms with E-state index in [9.17, 15) is 13.6 Å². The van der Waals surface area contributed by atoms with Crippen LogP contribution in [0.4, 0.5) is 8.78 Å². The van der Waals surface area contributed by atoms with Crippen LogP contribution in [0.15, 0.2) is 28.3 Å². The first-order valence-corrected chi connectivity index (χ1v) is 6.04. The molecule has 0 aliphatic heterocycles. The normalized spacial score (nSPS) is 10.6. The molecule has 0 fully saturated rings. The fourth-order valence-corrected chi connectivity index (χ4v) is 2.17. The molecule has 0 spiro atoms. The van der Waals surface area contributed by atoms with Crippen molar-refractivity contribution in [2.24, 2.45) is 0 Å². The van der Waals surface area contributed by atoms with Gasteiger partial charge in [-0.2, -0.15) is 0 Å². The molecule has 0 unspecified atom stereocenters. The molecule has 2 aromatic heterocycles. The average molecular weight is 269 g/mol. The van der Waals surface area contributed by atoms with Crippen LogP contribution < -0.4 is 5.56 Å². The van der Waals surface area contributed by atoms with E-state index in [-0.39, 0.29) is 17.0 Å². The van der Waals surface area contributed by atoms with Gasteiger partial charge in [0.15, 0.2) is 16.8 Å². The van der Waals surface area contributed by atoms with Crippen LogP contribution in [0.5, 0.6) is 0 Å². The highest BCUT2D eigenvalue weighted by Gasteiger charge is 2.10. The number of nitrogens with one attached hydrogen (secondary N) is 1. The van der Waals surface area contributed by atoms with E-state index in [1.807, 2.05) is 0 Å². The SMILES string of the molecule is Cc1cc(=O)[nH]c(SCc2nccc(F)c2F)n1. The number of rotatable bonds is 3. The van der Waals surface area contributed by atoms with E-state index in [0.717, 1.165) is 17.8 Å². The molecule has 0 bridgehead atoms. The maximum absolute atomic E-state index is 13.3. The molecule has 7 heteroatoms. The minimum Gasteiger partial charge on any atom is -0.301 e. The van der Waals surface area contributed by atoms with Crippen molar-refractivity contribution in [1.29, 1.82) is 0 Å². The number of hydrogen-bond donors (Lipinski definition) is 1. The molecule has 1 N–H and O–H groups in total. The van der Waals surface area contributed by atoms with Crippen molar-refractivity contribution in [2.45, 2.75) is 17.8 Å². The minimum absolute atomic E-state index is 0.0100. The molecule has 4 nitrogen and oxygen atoms in total. The number of aryl methyl sites for hydroxylation is 1. The number of halogens is 2. The molecular weight excluding hydrogens is 260 g/mol. The lowest BCUT2D eigenvalue weighted by Crippen LogP contribution is -2.08. The Morgan fingerprint density at radius 1 is 1.44 bits per heavy atom. The lowest BCUT2D eigenvalue weighted by Gasteiger charge is -2.03. The molecule has 0 aliphatic carbocycles. The van der Waals surface area contributed by atoms with E-state index in [2.05, 4.69) is 15.0 Å². The fourth-order valence-electron chi connectivity index (χ4n) is 1.32. The summed E-state index contributed by atoms with van der Waals surface area (Å²) in [6.07, 6.45) is 1.20. The lowest BCUT2D eigenvalue weighted by molar-refractivity contribution is 0.496. The van der Waals surface area contributed by atoms with Gasteiger partial charge in [-0.1, -0.05) is 11.8 Å². The van der Waals surface area contributed by atoms with Crippen molar-refractivity contribution in [2.75, 3.05) is 0 Å². The number of pyridine rings is 1. The standard InChI is InChI=1S/C11H9F2N3OS/c1-6-4-9(17)16-11(15-6)18-5-8-10(13)7(12)2-3-14-8/h2-4H,5H2,1H3,(H,15,16,17). The third-order valence-corrected chi connectivity index (χ3v) is 2.99. The fraction of sp³-hybridized carbons (Fsp3) is 0.182. The Hall–Kier alpha value is -1.76. The van der Waals surface area contributed by atoms with Crippen LogP contribution in [-0.2, 0) is 5.75 Å². The first kappa shape index (κ1) is 12.7. The number of nitrogens with zero attached hydrogens (tertiary/aromatic N) is 2. The molecule has 18 heavy (non-hydrogen) atoms. The Balaban J connectivity index is 2.16. The van der Waals surface area contributed by atoms with Crippen molar-refractivity contribution >= 4 is 11.8 Å². The molecule has 0 aromatic carbocycles. The van der Waals surface area contributed by atoms with Gasteiger partial charge in [0.25, 0.3) is 5.56 Å². The van der Waals surface area contributed by atoms with Crippen molar-refractivity contribution in [3.63, 3.8) is 0 Å². The second-order valence-electron chi connectivity index (χ2n) is 3.53. The van der Waals surface area contributed by atoms with Crippen molar-refractivity contribution in [3.05, 3.63) is 51.7 Å². The average Bonchev–Trinajstić information content (AvgIpc) is 2.30. The van der Waals surface area contributed by atoms with Gasteiger partial charge in [-0.15, -0.1) is 0 Å².